The Kier molecular flexibility index (Phi) is 4.02. The first-order valence-electron chi connectivity index (χ1n) is 8.21. The number of hydrogen-bond donors (Lipinski definition) is 1. The average Bonchev–Trinajstić information content (AvgIpc) is 2.97. The molecule has 1 saturated heterocycles. The zero-order valence-electron chi connectivity index (χ0n) is 13.2. The third kappa shape index (κ3) is 2.85. The average molecular weight is 272 g/mol. The Morgan fingerprint density at radius 2 is 1.90 bits per heavy atom. The summed E-state index contributed by atoms with van der Waals surface area (Å²) in [4.78, 5) is 2.64. The van der Waals surface area contributed by atoms with E-state index in [4.69, 9.17) is 0 Å². The molecule has 3 rings (SSSR count). The number of hydrogen-bond acceptors (Lipinski definition) is 2. The van der Waals surface area contributed by atoms with Crippen molar-refractivity contribution in [1.29, 1.82) is 0 Å². The van der Waals surface area contributed by atoms with Crippen LogP contribution in [0, 0.1) is 18.8 Å². The zero-order chi connectivity index (χ0) is 14.1. The molecule has 2 fully saturated rings. The van der Waals surface area contributed by atoms with Crippen LogP contribution < -0.4 is 10.2 Å². The van der Waals surface area contributed by atoms with Gasteiger partial charge in [0.25, 0.3) is 0 Å². The molecule has 1 aliphatic carbocycles. The van der Waals surface area contributed by atoms with Crippen LogP contribution >= 0.6 is 0 Å². The van der Waals surface area contributed by atoms with E-state index in [0.29, 0.717) is 6.04 Å². The van der Waals surface area contributed by atoms with Gasteiger partial charge in [-0.1, -0.05) is 38.0 Å². The predicted molar refractivity (Wildman–Crippen MR) is 86.2 cm³/mol. The summed E-state index contributed by atoms with van der Waals surface area (Å²) in [7, 11) is 0. The normalized spacial score (nSPS) is 25.5. The second kappa shape index (κ2) is 5.77. The maximum Gasteiger partial charge on any atom is 0.0412 e. The van der Waals surface area contributed by atoms with Crippen molar-refractivity contribution in [3.63, 3.8) is 0 Å². The van der Waals surface area contributed by atoms with E-state index in [1.165, 1.54) is 49.2 Å². The summed E-state index contributed by atoms with van der Waals surface area (Å²) >= 11 is 0. The molecule has 1 heterocycles. The smallest absolute Gasteiger partial charge is 0.0412 e. The van der Waals surface area contributed by atoms with E-state index in [1.807, 2.05) is 0 Å². The van der Waals surface area contributed by atoms with Gasteiger partial charge in [-0.3, -0.25) is 0 Å². The molecule has 2 heteroatoms. The van der Waals surface area contributed by atoms with Crippen molar-refractivity contribution < 1.29 is 0 Å². The van der Waals surface area contributed by atoms with Gasteiger partial charge in [-0.15, -0.1) is 0 Å². The Bertz CT molecular complexity index is 454. The van der Waals surface area contributed by atoms with E-state index in [2.05, 4.69) is 49.2 Å². The first kappa shape index (κ1) is 13.9. The molecule has 20 heavy (non-hydrogen) atoms. The van der Waals surface area contributed by atoms with Crippen LogP contribution in [-0.4, -0.2) is 19.1 Å². The minimum Gasteiger partial charge on any atom is -0.371 e. The fraction of sp³-hybridized carbons (Fsp3) is 0.667. The second-order valence-corrected chi connectivity index (χ2v) is 7.02. The van der Waals surface area contributed by atoms with Crippen molar-refractivity contribution in [2.45, 2.75) is 52.6 Å². The minimum absolute atomic E-state index is 0.543. The number of fused-ring (bicyclic) bond motifs is 1. The SMILES string of the molecule is Cc1ccc(N2CC3CCCC3C2)c(CNC(C)C)c1. The van der Waals surface area contributed by atoms with Gasteiger partial charge < -0.3 is 10.2 Å². The summed E-state index contributed by atoms with van der Waals surface area (Å²) in [5.41, 5.74) is 4.31. The van der Waals surface area contributed by atoms with Crippen LogP contribution in [0.5, 0.6) is 0 Å². The van der Waals surface area contributed by atoms with E-state index in [1.54, 1.807) is 0 Å². The summed E-state index contributed by atoms with van der Waals surface area (Å²) in [5.74, 6) is 1.92. The van der Waals surface area contributed by atoms with Gasteiger partial charge in [0.05, 0.1) is 0 Å². The molecule has 1 aromatic rings. The van der Waals surface area contributed by atoms with Gasteiger partial charge >= 0.3 is 0 Å². The van der Waals surface area contributed by atoms with Crippen molar-refractivity contribution in [3.05, 3.63) is 29.3 Å². The summed E-state index contributed by atoms with van der Waals surface area (Å²) in [6, 6.07) is 7.51. The lowest BCUT2D eigenvalue weighted by Gasteiger charge is -2.24. The van der Waals surface area contributed by atoms with Crippen LogP contribution in [0.1, 0.15) is 44.2 Å². The molecule has 0 aromatic heterocycles. The molecular weight excluding hydrogens is 244 g/mol. The van der Waals surface area contributed by atoms with Crippen LogP contribution in [0.25, 0.3) is 0 Å². The van der Waals surface area contributed by atoms with Gasteiger partial charge in [-0.25, -0.2) is 0 Å². The van der Waals surface area contributed by atoms with E-state index in [-0.39, 0.29) is 0 Å². The fourth-order valence-corrected chi connectivity index (χ4v) is 3.91. The van der Waals surface area contributed by atoms with Gasteiger partial charge in [-0.2, -0.15) is 0 Å². The van der Waals surface area contributed by atoms with Crippen molar-refractivity contribution in [3.8, 4) is 0 Å². The van der Waals surface area contributed by atoms with E-state index in [9.17, 15) is 0 Å². The van der Waals surface area contributed by atoms with Crippen LogP contribution in [0.3, 0.4) is 0 Å². The summed E-state index contributed by atoms with van der Waals surface area (Å²) in [6.07, 6.45) is 4.36. The Labute approximate surface area is 123 Å². The summed E-state index contributed by atoms with van der Waals surface area (Å²) in [6.45, 7) is 10.2. The molecular formula is C18H28N2. The predicted octanol–water partition coefficient (Wildman–Crippen LogP) is 3.73. The molecule has 2 unspecified atom stereocenters. The molecule has 1 aromatic carbocycles. The molecule has 2 atom stereocenters. The maximum absolute atomic E-state index is 3.58. The van der Waals surface area contributed by atoms with Gasteiger partial charge in [0.1, 0.15) is 0 Å². The van der Waals surface area contributed by atoms with Crippen molar-refractivity contribution >= 4 is 5.69 Å². The van der Waals surface area contributed by atoms with E-state index >= 15 is 0 Å². The standard InChI is InChI=1S/C18H28N2/c1-13(2)19-10-17-9-14(3)7-8-18(17)20-11-15-5-4-6-16(15)12-20/h7-9,13,15-16,19H,4-6,10-12H2,1-3H3. The molecule has 0 spiro atoms. The highest BCUT2D eigenvalue weighted by Crippen LogP contribution is 2.40. The molecule has 1 aliphatic heterocycles. The lowest BCUT2D eigenvalue weighted by Crippen LogP contribution is -2.26. The Hall–Kier alpha value is -1.02. The minimum atomic E-state index is 0.543. The zero-order valence-corrected chi connectivity index (χ0v) is 13.2. The number of nitrogens with one attached hydrogen (secondary N) is 1. The van der Waals surface area contributed by atoms with Crippen LogP contribution in [0.4, 0.5) is 5.69 Å². The maximum atomic E-state index is 3.58. The van der Waals surface area contributed by atoms with Gasteiger partial charge in [0.2, 0.25) is 0 Å². The number of anilines is 1. The lowest BCUT2D eigenvalue weighted by molar-refractivity contribution is 0.494. The highest BCUT2D eigenvalue weighted by atomic mass is 15.2. The number of rotatable bonds is 4. The third-order valence-electron chi connectivity index (χ3n) is 5.00. The summed E-state index contributed by atoms with van der Waals surface area (Å²) < 4.78 is 0. The number of benzene rings is 1. The summed E-state index contributed by atoms with van der Waals surface area (Å²) in [5, 5.41) is 3.58. The highest BCUT2D eigenvalue weighted by Gasteiger charge is 2.36. The molecule has 2 aliphatic rings. The highest BCUT2D eigenvalue weighted by molar-refractivity contribution is 5.56. The molecule has 0 amide bonds. The molecule has 2 nitrogen and oxygen atoms in total. The topological polar surface area (TPSA) is 15.3 Å². The molecule has 1 N–H and O–H groups in total. The molecule has 1 saturated carbocycles. The van der Waals surface area contributed by atoms with Gasteiger partial charge in [0.15, 0.2) is 0 Å². The van der Waals surface area contributed by atoms with Gasteiger partial charge in [0, 0.05) is 31.4 Å². The quantitative estimate of drug-likeness (QED) is 0.898. The van der Waals surface area contributed by atoms with Crippen LogP contribution in [0.2, 0.25) is 0 Å². The third-order valence-corrected chi connectivity index (χ3v) is 5.00. The Morgan fingerprint density at radius 1 is 1.20 bits per heavy atom. The van der Waals surface area contributed by atoms with Crippen molar-refractivity contribution in [1.82, 2.24) is 5.32 Å². The van der Waals surface area contributed by atoms with E-state index < -0.39 is 0 Å². The van der Waals surface area contributed by atoms with Crippen LogP contribution in [0.15, 0.2) is 18.2 Å². The fourth-order valence-electron chi connectivity index (χ4n) is 3.91. The monoisotopic (exact) mass is 272 g/mol. The van der Waals surface area contributed by atoms with E-state index in [0.717, 1.165) is 18.4 Å². The first-order chi connectivity index (χ1) is 9.63. The van der Waals surface area contributed by atoms with Crippen molar-refractivity contribution in [2.75, 3.05) is 18.0 Å². The number of nitrogens with zero attached hydrogens (tertiary/aromatic N) is 1. The first-order valence-corrected chi connectivity index (χ1v) is 8.21. The molecule has 110 valence electrons. The van der Waals surface area contributed by atoms with Crippen LogP contribution in [-0.2, 0) is 6.54 Å². The molecule has 0 bridgehead atoms. The van der Waals surface area contributed by atoms with Gasteiger partial charge in [-0.05, 0) is 43.2 Å². The Balaban J connectivity index is 1.78. The Morgan fingerprint density at radius 3 is 2.55 bits per heavy atom. The molecule has 0 radical (unpaired) electrons. The largest absolute Gasteiger partial charge is 0.371 e. The second-order valence-electron chi connectivity index (χ2n) is 7.02. The van der Waals surface area contributed by atoms with Crippen molar-refractivity contribution in [2.24, 2.45) is 11.8 Å². The lowest BCUT2D eigenvalue weighted by atomic mass is 10.0. The number of aryl methyl sites for hydroxylation is 1.